The van der Waals surface area contributed by atoms with Crippen LogP contribution in [-0.4, -0.2) is 169 Å². The van der Waals surface area contributed by atoms with Crippen molar-refractivity contribution in [1.29, 1.82) is 0 Å². The van der Waals surface area contributed by atoms with E-state index in [1.165, 1.54) is 19.4 Å². The molecule has 2 aromatic carbocycles. The van der Waals surface area contributed by atoms with Crippen LogP contribution in [-0.2, 0) is 67.2 Å². The van der Waals surface area contributed by atoms with Gasteiger partial charge in [0, 0.05) is 86.2 Å². The summed E-state index contributed by atoms with van der Waals surface area (Å²) in [5.74, 6) is -10.8. The first-order valence-electron chi connectivity index (χ1n) is 25.8. The van der Waals surface area contributed by atoms with Gasteiger partial charge in [0.1, 0.15) is 48.3 Å². The highest BCUT2D eigenvalue weighted by atomic mass is 32.1. The highest BCUT2D eigenvalue weighted by Gasteiger charge is 2.35. The molecule has 0 fully saturated rings. The highest BCUT2D eigenvalue weighted by molar-refractivity contribution is 7.80. The molecule has 0 saturated carbocycles. The average Bonchev–Trinajstić information content (AvgIpc) is 4.31. The van der Waals surface area contributed by atoms with Crippen molar-refractivity contribution in [2.75, 3.05) is 24.6 Å². The number of carbonyl (C=O) groups is 10. The molecule has 8 amide bonds. The fourth-order valence-electron chi connectivity index (χ4n) is 8.23. The molecule has 0 aliphatic carbocycles. The van der Waals surface area contributed by atoms with Crippen molar-refractivity contribution in [3.8, 4) is 0 Å². The molecular weight excluding hydrogens is 1110 g/mol. The van der Waals surface area contributed by atoms with E-state index >= 15 is 0 Å². The minimum Gasteiger partial charge on any atom is -0.481 e. The van der Waals surface area contributed by atoms with Gasteiger partial charge in [-0.3, -0.25) is 53.1 Å². The fraction of sp³-hybridized carbons (Fsp3) is 0.431. The number of para-hydroxylation sites is 1. The Hall–Kier alpha value is -8.87. The Morgan fingerprint density at radius 2 is 1.00 bits per heavy atom. The lowest BCUT2D eigenvalue weighted by Gasteiger charge is -2.28. The van der Waals surface area contributed by atoms with E-state index in [0.717, 1.165) is 5.52 Å². The minimum atomic E-state index is -1.65. The molecule has 82 heavy (non-hydrogen) atoms. The number of thiol groups is 2. The van der Waals surface area contributed by atoms with Gasteiger partial charge in [-0.2, -0.15) is 25.3 Å². The number of fused-ring (bicyclic) bond motifs is 1. The van der Waals surface area contributed by atoms with Crippen molar-refractivity contribution >= 4 is 107 Å². The van der Waals surface area contributed by atoms with Crippen LogP contribution in [0.15, 0.2) is 83.3 Å². The van der Waals surface area contributed by atoms with E-state index in [-0.39, 0.29) is 81.5 Å². The Bertz CT molecular complexity index is 2880. The number of hydrogen-bond acceptors (Lipinski definition) is 15. The number of H-pyrrole nitrogens is 2. The van der Waals surface area contributed by atoms with Gasteiger partial charge in [0.2, 0.25) is 47.3 Å². The summed E-state index contributed by atoms with van der Waals surface area (Å²) < 4.78 is 0. The van der Waals surface area contributed by atoms with Gasteiger partial charge in [0.05, 0.1) is 6.33 Å². The van der Waals surface area contributed by atoms with E-state index in [0.29, 0.717) is 22.2 Å². The molecule has 0 radical (unpaired) electrons. The number of carboxylic acid groups (broad SMARTS) is 2. The van der Waals surface area contributed by atoms with Gasteiger partial charge in [-0.1, -0.05) is 48.5 Å². The van der Waals surface area contributed by atoms with Crippen molar-refractivity contribution in [2.24, 2.45) is 32.9 Å². The van der Waals surface area contributed by atoms with Crippen LogP contribution in [0.1, 0.15) is 62.3 Å². The molecule has 0 unspecified atom stereocenters. The molecule has 0 aliphatic heterocycles. The average molecular weight is 1180 g/mol. The van der Waals surface area contributed by atoms with Crippen molar-refractivity contribution in [3.05, 3.63) is 90.1 Å². The normalized spacial score (nSPS) is 13.8. The maximum Gasteiger partial charge on any atom is 0.327 e. The first-order valence-corrected chi connectivity index (χ1v) is 27.1. The van der Waals surface area contributed by atoms with Crippen LogP contribution < -0.4 is 65.5 Å². The van der Waals surface area contributed by atoms with Crippen LogP contribution in [0, 0.1) is 0 Å². The largest absolute Gasteiger partial charge is 0.481 e. The summed E-state index contributed by atoms with van der Waals surface area (Å²) in [5.41, 5.74) is 24.0. The molecule has 8 atom stereocenters. The van der Waals surface area contributed by atoms with Crippen molar-refractivity contribution in [1.82, 2.24) is 57.5 Å². The van der Waals surface area contributed by atoms with Crippen LogP contribution in [0.4, 0.5) is 0 Å². The third-order valence-electron chi connectivity index (χ3n) is 12.4. The minimum absolute atomic E-state index is 0.00232. The van der Waals surface area contributed by atoms with Crippen molar-refractivity contribution in [3.63, 3.8) is 0 Å². The van der Waals surface area contributed by atoms with Gasteiger partial charge in [0.15, 0.2) is 11.9 Å². The Balaban J connectivity index is 1.65. The number of aromatic amines is 2. The Morgan fingerprint density at radius 1 is 0.549 bits per heavy atom. The van der Waals surface area contributed by atoms with Crippen LogP contribution in [0.2, 0.25) is 0 Å². The van der Waals surface area contributed by atoms with Crippen LogP contribution in [0.3, 0.4) is 0 Å². The number of guanidine groups is 2. The number of benzene rings is 2. The van der Waals surface area contributed by atoms with Gasteiger partial charge in [-0.25, -0.2) is 9.78 Å². The summed E-state index contributed by atoms with van der Waals surface area (Å²) >= 11 is 8.27. The van der Waals surface area contributed by atoms with E-state index in [9.17, 15) is 58.2 Å². The van der Waals surface area contributed by atoms with E-state index in [1.807, 2.05) is 0 Å². The third-order valence-corrected chi connectivity index (χ3v) is 13.1. The van der Waals surface area contributed by atoms with E-state index < -0.39 is 120 Å². The van der Waals surface area contributed by atoms with Crippen molar-refractivity contribution in [2.45, 2.75) is 113 Å². The molecule has 0 saturated heterocycles. The number of amides is 8. The number of aliphatic carboxylic acids is 2. The second-order valence-electron chi connectivity index (χ2n) is 18.7. The summed E-state index contributed by atoms with van der Waals surface area (Å²) in [6.07, 6.45) is 2.79. The number of hydrogen-bond donors (Lipinski definition) is 18. The molecule has 2 aromatic heterocycles. The summed E-state index contributed by atoms with van der Waals surface area (Å²) in [6, 6.07) is 3.98. The second kappa shape index (κ2) is 33.7. The topological polar surface area (TPSA) is 481 Å². The van der Waals surface area contributed by atoms with Gasteiger partial charge in [-0.15, -0.1) is 0 Å². The van der Waals surface area contributed by atoms with Gasteiger partial charge in [-0.05, 0) is 49.3 Å². The predicted octanol–water partition coefficient (Wildman–Crippen LogP) is -3.27. The van der Waals surface area contributed by atoms with Crippen LogP contribution in [0.25, 0.3) is 10.9 Å². The zero-order chi connectivity index (χ0) is 60.3. The number of rotatable bonds is 35. The summed E-state index contributed by atoms with van der Waals surface area (Å²) in [5, 5.41) is 40.5. The number of aliphatic imine (C=N–C) groups is 2. The Morgan fingerprint density at radius 3 is 1.50 bits per heavy atom. The molecule has 31 heteroatoms. The van der Waals surface area contributed by atoms with Gasteiger partial charge < -0.3 is 85.6 Å². The number of nitrogens with one attached hydrogen (secondary N) is 10. The van der Waals surface area contributed by atoms with Gasteiger partial charge >= 0.3 is 11.9 Å². The predicted molar refractivity (Wildman–Crippen MR) is 308 cm³/mol. The number of aromatic nitrogens is 3. The maximum atomic E-state index is 14.7. The van der Waals surface area contributed by atoms with Crippen molar-refractivity contribution < 1.29 is 58.2 Å². The molecule has 0 aliphatic rings. The fourth-order valence-corrected chi connectivity index (χ4v) is 8.73. The monoisotopic (exact) mass is 1180 g/mol. The molecule has 0 bridgehead atoms. The number of nitrogens with zero attached hydrogens (tertiary/aromatic N) is 3. The zero-order valence-corrected chi connectivity index (χ0v) is 46.6. The summed E-state index contributed by atoms with van der Waals surface area (Å²) in [4.78, 5) is 153. The number of carboxylic acids is 2. The quantitative estimate of drug-likeness (QED) is 0.00930. The second-order valence-corrected chi connectivity index (χ2v) is 19.5. The smallest absolute Gasteiger partial charge is 0.327 e. The molecular formula is C51H71N17O12S2. The molecule has 29 nitrogen and oxygen atoms in total. The molecule has 444 valence electrons. The molecule has 4 aromatic rings. The summed E-state index contributed by atoms with van der Waals surface area (Å²) in [6.45, 7) is 1.31. The van der Waals surface area contributed by atoms with Gasteiger partial charge in [0.25, 0.3) is 0 Å². The lowest BCUT2D eigenvalue weighted by Crippen LogP contribution is -2.61. The van der Waals surface area contributed by atoms with Crippen LogP contribution >= 0.6 is 25.3 Å². The Kier molecular flexibility index (Phi) is 26.9. The Labute approximate surface area is 481 Å². The number of carbonyl (C=O) groups excluding carboxylic acids is 8. The SMILES string of the molecule is CC(=O)N[C@H](CCCN=C(N)N)C(=O)N[C@@H](CS)C(=O)N[C@@H](CCC(=O)O)C(=O)N[C@@H](Cc1cnc[nH]1)C(=O)N[C@H](Cc1ccccc1)C(=O)N[C@@H](CCCN=C(N)N)C(=O)N[C@@H](Cc1c[nH]c2ccccc12)C(=O)N[C@@H](CS)C(=O)O. The first kappa shape index (κ1) is 65.6. The molecule has 2 heterocycles. The highest BCUT2D eigenvalue weighted by Crippen LogP contribution is 2.20. The molecule has 0 spiro atoms. The number of nitrogens with two attached hydrogens (primary N) is 4. The lowest BCUT2D eigenvalue weighted by molar-refractivity contribution is -0.141. The molecule has 20 N–H and O–H groups in total. The standard InChI is InChI=1S/C51H71N17O12S2/c1-27(69)61-33(13-7-17-57-50(52)53)42(72)67-39(24-81)48(78)63-35(15-16-41(70)71)44(74)66-38(21-30-23-56-26-60-30)47(77)64-36(19-28-9-3-2-4-10-28)45(75)62-34(14-8-18-58-51(54)55)43(73)65-37(46(76)68-40(25-82)49(79)80)20-29-22-59-32-12-6-5-11-31(29)32/h2-6,9-12,22-23,26,33-40,59,81-82H,7-8,13-21,24-25H2,1H3,(H,56,60)(H,61,69)(H,62,75)(H,63,78)(H,64,77)(H,65,73)(H,66,74)(H,67,72)(H,68,76)(H,70,71)(H,79,80)(H4,52,53,57)(H4,54,55,58)/t33-,34+,35+,36-,37+,38+,39+,40+/m1/s1. The third kappa shape index (κ3) is 22.3. The summed E-state index contributed by atoms with van der Waals surface area (Å²) in [7, 11) is 0. The van der Waals surface area contributed by atoms with E-state index in [4.69, 9.17) is 22.9 Å². The van der Waals surface area contributed by atoms with E-state index in [2.05, 4.69) is 92.7 Å². The molecule has 4 rings (SSSR count). The maximum absolute atomic E-state index is 14.7. The number of imidazole rings is 1. The zero-order valence-electron chi connectivity index (χ0n) is 44.8. The first-order chi connectivity index (χ1) is 39.1. The van der Waals surface area contributed by atoms with Crippen LogP contribution in [0.5, 0.6) is 0 Å². The lowest BCUT2D eigenvalue weighted by atomic mass is 10.0. The van der Waals surface area contributed by atoms with E-state index in [1.54, 1.807) is 60.8 Å².